The van der Waals surface area contributed by atoms with Crippen LogP contribution in [0.2, 0.25) is 5.02 Å². The predicted octanol–water partition coefficient (Wildman–Crippen LogP) is 2.36. The number of rotatable bonds is 7. The zero-order valence-electron chi connectivity index (χ0n) is 12.6. The maximum absolute atomic E-state index is 13.3. The first-order valence-corrected chi connectivity index (χ1v) is 7.31. The van der Waals surface area contributed by atoms with Gasteiger partial charge >= 0.3 is 0 Å². The van der Waals surface area contributed by atoms with Crippen molar-refractivity contribution < 1.29 is 14.3 Å². The zero-order chi connectivity index (χ0) is 16.0. The van der Waals surface area contributed by atoms with Crippen molar-refractivity contribution in [1.82, 2.24) is 10.2 Å². The normalized spacial score (nSPS) is 14.0. The monoisotopic (exact) mass is 316 g/mol. The summed E-state index contributed by atoms with van der Waals surface area (Å²) in [5.41, 5.74) is 0.383. The van der Waals surface area contributed by atoms with Crippen LogP contribution in [0.4, 0.5) is 4.39 Å². The number of aliphatic hydroxyl groups excluding tert-OH is 1. The Kier molecular flexibility index (Phi) is 7.08. The number of hydrogen-bond donors (Lipinski definition) is 2. The van der Waals surface area contributed by atoms with Crippen LogP contribution in [0.3, 0.4) is 0 Å². The van der Waals surface area contributed by atoms with E-state index >= 15 is 0 Å². The smallest absolute Gasteiger partial charge is 0.237 e. The van der Waals surface area contributed by atoms with E-state index in [0.29, 0.717) is 5.56 Å². The van der Waals surface area contributed by atoms with Gasteiger partial charge in [-0.05, 0) is 38.2 Å². The van der Waals surface area contributed by atoms with Gasteiger partial charge in [0.15, 0.2) is 0 Å². The molecule has 0 radical (unpaired) electrons. The predicted molar refractivity (Wildman–Crippen MR) is 81.8 cm³/mol. The molecule has 118 valence electrons. The number of amides is 1. The molecule has 4 nitrogen and oxygen atoms in total. The van der Waals surface area contributed by atoms with Gasteiger partial charge in [0.2, 0.25) is 5.91 Å². The molecule has 2 unspecified atom stereocenters. The van der Waals surface area contributed by atoms with E-state index < -0.39 is 11.9 Å². The molecule has 1 amide bonds. The van der Waals surface area contributed by atoms with E-state index in [1.54, 1.807) is 0 Å². The number of halogens is 2. The molecule has 0 bridgehead atoms. The minimum Gasteiger partial charge on any atom is -0.387 e. The Bertz CT molecular complexity index is 483. The Labute approximate surface area is 129 Å². The fourth-order valence-electron chi connectivity index (χ4n) is 2.05. The maximum Gasteiger partial charge on any atom is 0.237 e. The second-order valence-electron chi connectivity index (χ2n) is 5.20. The van der Waals surface area contributed by atoms with E-state index in [4.69, 9.17) is 11.6 Å². The van der Waals surface area contributed by atoms with E-state index in [0.717, 1.165) is 12.8 Å². The molecule has 1 aromatic carbocycles. The third-order valence-electron chi connectivity index (χ3n) is 3.29. The molecule has 0 aliphatic heterocycles. The summed E-state index contributed by atoms with van der Waals surface area (Å²) < 4.78 is 13.3. The van der Waals surface area contributed by atoms with Crippen LogP contribution >= 0.6 is 11.6 Å². The summed E-state index contributed by atoms with van der Waals surface area (Å²) in [6, 6.07) is 3.87. The fraction of sp³-hybridized carbons (Fsp3) is 0.533. The standard InChI is InChI=1S/C15H22ClFN2O2/c1-4-5-13(19(2)3)15(21)18-9-14(20)10-6-7-11(16)12(17)8-10/h6-8,13-14,20H,4-5,9H2,1-3H3,(H,18,21). The molecule has 0 aliphatic rings. The first kappa shape index (κ1) is 17.9. The molecular formula is C15H22ClFN2O2. The molecule has 2 atom stereocenters. The Morgan fingerprint density at radius 2 is 2.14 bits per heavy atom. The summed E-state index contributed by atoms with van der Waals surface area (Å²) >= 11 is 5.59. The Morgan fingerprint density at radius 1 is 1.48 bits per heavy atom. The van der Waals surface area contributed by atoms with Gasteiger partial charge in [0.1, 0.15) is 5.82 Å². The molecule has 0 saturated heterocycles. The lowest BCUT2D eigenvalue weighted by Gasteiger charge is -2.23. The topological polar surface area (TPSA) is 52.6 Å². The van der Waals surface area contributed by atoms with Crippen molar-refractivity contribution in [2.45, 2.75) is 31.9 Å². The van der Waals surface area contributed by atoms with Crippen LogP contribution in [-0.4, -0.2) is 42.6 Å². The molecule has 21 heavy (non-hydrogen) atoms. The van der Waals surface area contributed by atoms with E-state index in [-0.39, 0.29) is 23.5 Å². The summed E-state index contributed by atoms with van der Waals surface area (Å²) in [4.78, 5) is 13.9. The number of carbonyl (C=O) groups excluding carboxylic acids is 1. The van der Waals surface area contributed by atoms with Gasteiger partial charge < -0.3 is 10.4 Å². The fourth-order valence-corrected chi connectivity index (χ4v) is 2.17. The second kappa shape index (κ2) is 8.32. The highest BCUT2D eigenvalue weighted by atomic mass is 35.5. The molecule has 2 N–H and O–H groups in total. The molecule has 0 aromatic heterocycles. The molecule has 1 rings (SSSR count). The maximum atomic E-state index is 13.3. The van der Waals surface area contributed by atoms with Crippen molar-refractivity contribution in [3.63, 3.8) is 0 Å². The number of nitrogens with zero attached hydrogens (tertiary/aromatic N) is 1. The number of hydrogen-bond acceptors (Lipinski definition) is 3. The van der Waals surface area contributed by atoms with Gasteiger partial charge in [0.25, 0.3) is 0 Å². The van der Waals surface area contributed by atoms with Crippen molar-refractivity contribution in [1.29, 1.82) is 0 Å². The minimum atomic E-state index is -0.967. The van der Waals surface area contributed by atoms with Crippen LogP contribution in [0, 0.1) is 5.82 Å². The van der Waals surface area contributed by atoms with Gasteiger partial charge in [-0.15, -0.1) is 0 Å². The number of likely N-dealkylation sites (N-methyl/N-ethyl adjacent to an activating group) is 1. The molecule has 1 aromatic rings. The number of benzene rings is 1. The van der Waals surface area contributed by atoms with Crippen LogP contribution in [0.1, 0.15) is 31.4 Å². The molecular weight excluding hydrogens is 295 g/mol. The van der Waals surface area contributed by atoms with Crippen LogP contribution in [0.5, 0.6) is 0 Å². The molecule has 6 heteroatoms. The average Bonchev–Trinajstić information content (AvgIpc) is 2.44. The van der Waals surface area contributed by atoms with E-state index in [9.17, 15) is 14.3 Å². The van der Waals surface area contributed by atoms with E-state index in [1.807, 2.05) is 25.9 Å². The van der Waals surface area contributed by atoms with Crippen LogP contribution < -0.4 is 5.32 Å². The zero-order valence-corrected chi connectivity index (χ0v) is 13.3. The van der Waals surface area contributed by atoms with Gasteiger partial charge in [-0.1, -0.05) is 31.0 Å². The minimum absolute atomic E-state index is 0.00519. The van der Waals surface area contributed by atoms with Gasteiger partial charge in [-0.3, -0.25) is 9.69 Å². The Hall–Kier alpha value is -1.17. The van der Waals surface area contributed by atoms with Gasteiger partial charge in [0, 0.05) is 6.54 Å². The van der Waals surface area contributed by atoms with Gasteiger partial charge in [-0.2, -0.15) is 0 Å². The SMILES string of the molecule is CCCC(C(=O)NCC(O)c1ccc(Cl)c(F)c1)N(C)C. The second-order valence-corrected chi connectivity index (χ2v) is 5.61. The Balaban J connectivity index is 2.60. The number of aliphatic hydroxyl groups is 1. The van der Waals surface area contributed by atoms with Gasteiger partial charge in [0.05, 0.1) is 17.2 Å². The lowest BCUT2D eigenvalue weighted by atomic mass is 10.1. The van der Waals surface area contributed by atoms with Crippen molar-refractivity contribution in [2.24, 2.45) is 0 Å². The van der Waals surface area contributed by atoms with Crippen molar-refractivity contribution >= 4 is 17.5 Å². The van der Waals surface area contributed by atoms with Crippen molar-refractivity contribution in [3.05, 3.63) is 34.6 Å². The van der Waals surface area contributed by atoms with Crippen LogP contribution in [0.25, 0.3) is 0 Å². The van der Waals surface area contributed by atoms with Crippen LogP contribution in [0.15, 0.2) is 18.2 Å². The van der Waals surface area contributed by atoms with Crippen molar-refractivity contribution in [3.8, 4) is 0 Å². The summed E-state index contributed by atoms with van der Waals surface area (Å²) in [5.74, 6) is -0.730. The summed E-state index contributed by atoms with van der Waals surface area (Å²) in [6.45, 7) is 2.04. The number of nitrogens with one attached hydrogen (secondary N) is 1. The summed E-state index contributed by atoms with van der Waals surface area (Å²) in [7, 11) is 3.68. The Morgan fingerprint density at radius 3 is 2.67 bits per heavy atom. The third-order valence-corrected chi connectivity index (χ3v) is 3.59. The highest BCUT2D eigenvalue weighted by Crippen LogP contribution is 2.20. The van der Waals surface area contributed by atoms with E-state index in [2.05, 4.69) is 5.32 Å². The highest BCUT2D eigenvalue weighted by Gasteiger charge is 2.20. The quantitative estimate of drug-likeness (QED) is 0.812. The molecule has 0 saturated carbocycles. The first-order valence-electron chi connectivity index (χ1n) is 6.94. The lowest BCUT2D eigenvalue weighted by molar-refractivity contribution is -0.126. The highest BCUT2D eigenvalue weighted by molar-refractivity contribution is 6.30. The molecule has 0 heterocycles. The lowest BCUT2D eigenvalue weighted by Crippen LogP contribution is -2.44. The van der Waals surface area contributed by atoms with Crippen molar-refractivity contribution in [2.75, 3.05) is 20.6 Å². The van der Waals surface area contributed by atoms with E-state index in [1.165, 1.54) is 18.2 Å². The molecule has 0 fully saturated rings. The molecule has 0 aliphatic carbocycles. The summed E-state index contributed by atoms with van der Waals surface area (Å²) in [6.07, 6.45) is 0.663. The van der Waals surface area contributed by atoms with Gasteiger partial charge in [-0.25, -0.2) is 4.39 Å². The first-order chi connectivity index (χ1) is 9.86. The third kappa shape index (κ3) is 5.26. The summed E-state index contributed by atoms with van der Waals surface area (Å²) in [5, 5.41) is 12.7. The number of carbonyl (C=O) groups is 1. The largest absolute Gasteiger partial charge is 0.387 e. The average molecular weight is 317 g/mol. The molecule has 0 spiro atoms. The van der Waals surface area contributed by atoms with Crippen LogP contribution in [-0.2, 0) is 4.79 Å².